The average molecular weight is 268 g/mol. The van der Waals surface area contributed by atoms with E-state index in [4.69, 9.17) is 9.84 Å². The molecule has 2 amide bonds. The minimum atomic E-state index is -0.569. The molecule has 0 aromatic carbocycles. The van der Waals surface area contributed by atoms with Crippen LogP contribution in [0.4, 0.5) is 4.79 Å². The topological polar surface area (TPSA) is 78.9 Å². The molecule has 106 valence electrons. The van der Waals surface area contributed by atoms with Crippen LogP contribution in [0, 0.1) is 11.8 Å². The first kappa shape index (κ1) is 15.3. The fourth-order valence-corrected chi connectivity index (χ4v) is 1.57. The molecule has 1 aliphatic heterocycles. The number of amides is 2. The molecule has 0 aromatic rings. The third kappa shape index (κ3) is 4.79. The maximum absolute atomic E-state index is 11.8. The molecule has 1 fully saturated rings. The first-order chi connectivity index (χ1) is 8.85. The van der Waals surface area contributed by atoms with Crippen LogP contribution in [0.1, 0.15) is 27.2 Å². The van der Waals surface area contributed by atoms with Crippen molar-refractivity contribution in [1.82, 2.24) is 10.2 Å². The van der Waals surface area contributed by atoms with Crippen molar-refractivity contribution in [3.63, 3.8) is 0 Å². The molecular weight excluding hydrogens is 248 g/mol. The number of aliphatic hydroxyl groups excluding tert-OH is 1. The Kier molecular flexibility index (Phi) is 5.19. The lowest BCUT2D eigenvalue weighted by Crippen LogP contribution is -2.59. The van der Waals surface area contributed by atoms with Gasteiger partial charge in [0, 0.05) is 6.54 Å². The maximum atomic E-state index is 11.8. The summed E-state index contributed by atoms with van der Waals surface area (Å²) in [6, 6.07) is -0.481. The lowest BCUT2D eigenvalue weighted by Gasteiger charge is -2.40. The fraction of sp³-hybridized carbons (Fsp3) is 0.692. The molecule has 1 saturated heterocycles. The van der Waals surface area contributed by atoms with E-state index in [0.29, 0.717) is 13.0 Å². The molecule has 6 nitrogen and oxygen atoms in total. The molecule has 1 atom stereocenters. The van der Waals surface area contributed by atoms with E-state index in [9.17, 15) is 9.59 Å². The number of hydrogen-bond donors (Lipinski definition) is 2. The van der Waals surface area contributed by atoms with E-state index in [1.807, 2.05) is 0 Å². The van der Waals surface area contributed by atoms with Crippen LogP contribution >= 0.6 is 0 Å². The van der Waals surface area contributed by atoms with Gasteiger partial charge in [0.25, 0.3) is 0 Å². The fourth-order valence-electron chi connectivity index (χ4n) is 1.57. The molecule has 0 unspecified atom stereocenters. The summed E-state index contributed by atoms with van der Waals surface area (Å²) in [6.45, 7) is 5.80. The quantitative estimate of drug-likeness (QED) is 0.697. The van der Waals surface area contributed by atoms with Gasteiger partial charge in [0.2, 0.25) is 5.91 Å². The molecule has 1 heterocycles. The minimum absolute atomic E-state index is 0.165. The van der Waals surface area contributed by atoms with Crippen molar-refractivity contribution < 1.29 is 19.4 Å². The smallest absolute Gasteiger partial charge is 0.410 e. The second-order valence-corrected chi connectivity index (χ2v) is 5.21. The SMILES string of the molecule is CC(C)(C)OC(=O)N1CC[C@@H]1C(=O)NCC#CCO. The van der Waals surface area contributed by atoms with Crippen molar-refractivity contribution in [2.75, 3.05) is 19.7 Å². The standard InChI is InChI=1S/C13H20N2O4/c1-13(2,3)19-12(18)15-8-6-10(15)11(17)14-7-4-5-9-16/h10,16H,6-9H2,1-3H3,(H,14,17)/t10-/m1/s1. The minimum Gasteiger partial charge on any atom is -0.444 e. The molecule has 0 aliphatic carbocycles. The van der Waals surface area contributed by atoms with Crippen LogP contribution in [-0.2, 0) is 9.53 Å². The van der Waals surface area contributed by atoms with E-state index in [1.54, 1.807) is 20.8 Å². The van der Waals surface area contributed by atoms with Crippen LogP contribution in [0.3, 0.4) is 0 Å². The van der Waals surface area contributed by atoms with Gasteiger partial charge in [0.05, 0.1) is 6.54 Å². The van der Waals surface area contributed by atoms with E-state index in [1.165, 1.54) is 4.90 Å². The number of rotatable bonds is 2. The number of carbonyl (C=O) groups excluding carboxylic acids is 2. The van der Waals surface area contributed by atoms with E-state index >= 15 is 0 Å². The van der Waals surface area contributed by atoms with Crippen LogP contribution in [0.25, 0.3) is 0 Å². The summed E-state index contributed by atoms with van der Waals surface area (Å²) in [6.07, 6.45) is 0.152. The summed E-state index contributed by atoms with van der Waals surface area (Å²) in [5.74, 6) is 4.77. The van der Waals surface area contributed by atoms with Gasteiger partial charge in [0.15, 0.2) is 0 Å². The van der Waals surface area contributed by atoms with Gasteiger partial charge in [-0.05, 0) is 27.2 Å². The summed E-state index contributed by atoms with van der Waals surface area (Å²) in [5, 5.41) is 11.1. The third-order valence-electron chi connectivity index (χ3n) is 2.51. The Morgan fingerprint density at radius 3 is 2.58 bits per heavy atom. The maximum Gasteiger partial charge on any atom is 0.410 e. The number of likely N-dealkylation sites (tertiary alicyclic amines) is 1. The lowest BCUT2D eigenvalue weighted by molar-refractivity contribution is -0.130. The predicted molar refractivity (Wildman–Crippen MR) is 69.2 cm³/mol. The van der Waals surface area contributed by atoms with Crippen molar-refractivity contribution in [2.45, 2.75) is 38.8 Å². The van der Waals surface area contributed by atoms with Crippen molar-refractivity contribution >= 4 is 12.0 Å². The number of ether oxygens (including phenoxy) is 1. The van der Waals surface area contributed by atoms with Crippen LogP contribution in [-0.4, -0.2) is 53.3 Å². The van der Waals surface area contributed by atoms with Gasteiger partial charge < -0.3 is 15.2 Å². The Hall–Kier alpha value is -1.74. The summed E-state index contributed by atoms with van der Waals surface area (Å²) >= 11 is 0. The third-order valence-corrected chi connectivity index (χ3v) is 2.51. The molecule has 6 heteroatoms. The van der Waals surface area contributed by atoms with Gasteiger partial charge in [-0.15, -0.1) is 0 Å². The largest absolute Gasteiger partial charge is 0.444 e. The van der Waals surface area contributed by atoms with Crippen molar-refractivity contribution in [2.24, 2.45) is 0 Å². The van der Waals surface area contributed by atoms with Gasteiger partial charge in [-0.3, -0.25) is 9.69 Å². The van der Waals surface area contributed by atoms with Crippen LogP contribution in [0.2, 0.25) is 0 Å². The second kappa shape index (κ2) is 6.43. The average Bonchev–Trinajstić information content (AvgIpc) is 2.20. The second-order valence-electron chi connectivity index (χ2n) is 5.21. The summed E-state index contributed by atoms with van der Waals surface area (Å²) in [5.41, 5.74) is -0.569. The molecule has 0 aromatic heterocycles. The summed E-state index contributed by atoms with van der Waals surface area (Å²) in [7, 11) is 0. The Balaban J connectivity index is 2.43. The Bertz CT molecular complexity index is 403. The Labute approximate surface area is 113 Å². The van der Waals surface area contributed by atoms with Gasteiger partial charge >= 0.3 is 6.09 Å². The van der Waals surface area contributed by atoms with E-state index in [0.717, 1.165) is 0 Å². The highest BCUT2D eigenvalue weighted by molar-refractivity contribution is 5.87. The number of hydrogen-bond acceptors (Lipinski definition) is 4. The highest BCUT2D eigenvalue weighted by Gasteiger charge is 2.39. The molecule has 1 aliphatic rings. The zero-order valence-electron chi connectivity index (χ0n) is 11.5. The Morgan fingerprint density at radius 1 is 1.42 bits per heavy atom. The molecule has 19 heavy (non-hydrogen) atoms. The molecule has 0 spiro atoms. The van der Waals surface area contributed by atoms with Crippen molar-refractivity contribution in [3.8, 4) is 11.8 Å². The van der Waals surface area contributed by atoms with Crippen molar-refractivity contribution in [3.05, 3.63) is 0 Å². The van der Waals surface area contributed by atoms with E-state index in [2.05, 4.69) is 17.2 Å². The van der Waals surface area contributed by atoms with Crippen LogP contribution in [0.5, 0.6) is 0 Å². The van der Waals surface area contributed by atoms with Gasteiger partial charge in [-0.25, -0.2) is 4.79 Å². The van der Waals surface area contributed by atoms with E-state index < -0.39 is 17.7 Å². The number of nitrogens with zero attached hydrogens (tertiary/aromatic N) is 1. The first-order valence-electron chi connectivity index (χ1n) is 6.19. The highest BCUT2D eigenvalue weighted by atomic mass is 16.6. The summed E-state index contributed by atoms with van der Waals surface area (Å²) in [4.78, 5) is 25.0. The number of nitrogens with one attached hydrogen (secondary N) is 1. The van der Waals surface area contributed by atoms with Crippen LogP contribution < -0.4 is 5.32 Å². The zero-order valence-corrected chi connectivity index (χ0v) is 11.5. The van der Waals surface area contributed by atoms with Crippen LogP contribution in [0.15, 0.2) is 0 Å². The highest BCUT2D eigenvalue weighted by Crippen LogP contribution is 2.21. The predicted octanol–water partition coefficient (Wildman–Crippen LogP) is 0.108. The summed E-state index contributed by atoms with van der Waals surface area (Å²) < 4.78 is 5.21. The van der Waals surface area contributed by atoms with Crippen molar-refractivity contribution in [1.29, 1.82) is 0 Å². The lowest BCUT2D eigenvalue weighted by atomic mass is 10.0. The molecular formula is C13H20N2O4. The number of aliphatic hydroxyl groups is 1. The molecule has 0 saturated carbocycles. The molecule has 0 bridgehead atoms. The van der Waals surface area contributed by atoms with Gasteiger partial charge in [0.1, 0.15) is 18.2 Å². The van der Waals surface area contributed by atoms with Gasteiger partial charge in [-0.1, -0.05) is 11.8 Å². The van der Waals surface area contributed by atoms with Gasteiger partial charge in [-0.2, -0.15) is 0 Å². The monoisotopic (exact) mass is 268 g/mol. The Morgan fingerprint density at radius 2 is 2.11 bits per heavy atom. The normalized spacial score (nSPS) is 17.9. The molecule has 2 N–H and O–H groups in total. The number of carbonyl (C=O) groups is 2. The van der Waals surface area contributed by atoms with E-state index in [-0.39, 0.29) is 19.1 Å². The molecule has 0 radical (unpaired) electrons. The zero-order chi connectivity index (χ0) is 14.5. The first-order valence-corrected chi connectivity index (χ1v) is 6.19. The molecule has 1 rings (SSSR count).